The third-order valence-electron chi connectivity index (χ3n) is 3.57. The van der Waals surface area contributed by atoms with Crippen molar-refractivity contribution in [3.8, 4) is 0 Å². The van der Waals surface area contributed by atoms with E-state index in [1.807, 2.05) is 13.8 Å². The van der Waals surface area contributed by atoms with Crippen molar-refractivity contribution >= 4 is 40.3 Å². The van der Waals surface area contributed by atoms with Crippen LogP contribution in [0.4, 0.5) is 5.00 Å². The van der Waals surface area contributed by atoms with Gasteiger partial charge in [0, 0.05) is 11.0 Å². The number of hydrogen-bond donors (Lipinski definition) is 1. The van der Waals surface area contributed by atoms with Gasteiger partial charge in [0.05, 0.1) is 18.4 Å². The van der Waals surface area contributed by atoms with Crippen molar-refractivity contribution in [2.75, 3.05) is 18.5 Å². The van der Waals surface area contributed by atoms with Crippen molar-refractivity contribution in [3.05, 3.63) is 46.2 Å². The van der Waals surface area contributed by atoms with Gasteiger partial charge in [-0.2, -0.15) is 0 Å². The highest BCUT2D eigenvalue weighted by atomic mass is 32.1. The van der Waals surface area contributed by atoms with E-state index in [1.54, 1.807) is 19.1 Å². The lowest BCUT2D eigenvalue weighted by Crippen LogP contribution is -2.21. The first-order valence-corrected chi connectivity index (χ1v) is 9.25. The van der Waals surface area contributed by atoms with E-state index in [1.165, 1.54) is 29.8 Å². The van der Waals surface area contributed by atoms with E-state index in [-0.39, 0.29) is 6.61 Å². The number of aryl methyl sites for hydroxylation is 1. The van der Waals surface area contributed by atoms with Crippen molar-refractivity contribution in [1.29, 1.82) is 0 Å². The van der Waals surface area contributed by atoms with Crippen LogP contribution in [0, 0.1) is 6.92 Å². The van der Waals surface area contributed by atoms with Crippen molar-refractivity contribution in [1.82, 2.24) is 0 Å². The lowest BCUT2D eigenvalue weighted by Gasteiger charge is -2.07. The van der Waals surface area contributed by atoms with Crippen molar-refractivity contribution in [2.24, 2.45) is 0 Å². The quantitative estimate of drug-likeness (QED) is 0.546. The third kappa shape index (κ3) is 5.55. The number of esters is 2. The Morgan fingerprint density at radius 3 is 2.67 bits per heavy atom. The molecule has 1 N–H and O–H groups in total. The second kappa shape index (κ2) is 9.72. The van der Waals surface area contributed by atoms with Crippen LogP contribution in [0.25, 0.3) is 6.08 Å². The Bertz CT molecular complexity index is 835. The number of thiophene rings is 1. The highest BCUT2D eigenvalue weighted by Gasteiger charge is 2.23. The molecule has 0 bridgehead atoms. The molecule has 7 nitrogen and oxygen atoms in total. The maximum atomic E-state index is 12.2. The summed E-state index contributed by atoms with van der Waals surface area (Å²) in [6.45, 7) is 5.27. The summed E-state index contributed by atoms with van der Waals surface area (Å²) in [6, 6.07) is 3.37. The molecule has 0 aromatic carbocycles. The van der Waals surface area contributed by atoms with E-state index in [0.29, 0.717) is 16.3 Å². The summed E-state index contributed by atoms with van der Waals surface area (Å²) in [7, 11) is 0. The largest absolute Gasteiger partial charge is 0.465 e. The molecule has 0 aliphatic carbocycles. The Hall–Kier alpha value is -2.87. The molecule has 0 fully saturated rings. The lowest BCUT2D eigenvalue weighted by atomic mass is 10.1. The van der Waals surface area contributed by atoms with Crippen LogP contribution in [-0.4, -0.2) is 31.1 Å². The molecule has 0 radical (unpaired) electrons. The number of furan rings is 1. The monoisotopic (exact) mass is 391 g/mol. The molecule has 0 saturated carbocycles. The van der Waals surface area contributed by atoms with Crippen molar-refractivity contribution < 1.29 is 28.3 Å². The Labute approximate surface area is 161 Å². The Morgan fingerprint density at radius 2 is 2.04 bits per heavy atom. The molecule has 27 heavy (non-hydrogen) atoms. The average molecular weight is 391 g/mol. The van der Waals surface area contributed by atoms with E-state index in [4.69, 9.17) is 13.9 Å². The molecule has 0 aliphatic heterocycles. The first-order valence-electron chi connectivity index (χ1n) is 8.43. The zero-order valence-electron chi connectivity index (χ0n) is 15.4. The molecule has 0 atom stereocenters. The molecule has 0 unspecified atom stereocenters. The highest BCUT2D eigenvalue weighted by molar-refractivity contribution is 7.17. The van der Waals surface area contributed by atoms with E-state index in [9.17, 15) is 14.4 Å². The fourth-order valence-corrected chi connectivity index (χ4v) is 3.47. The summed E-state index contributed by atoms with van der Waals surface area (Å²) in [5.41, 5.74) is 1.13. The van der Waals surface area contributed by atoms with Crippen LogP contribution in [0.3, 0.4) is 0 Å². The molecule has 0 saturated heterocycles. The van der Waals surface area contributed by atoms with Gasteiger partial charge in [0.2, 0.25) is 0 Å². The summed E-state index contributed by atoms with van der Waals surface area (Å²) < 4.78 is 15.0. The maximum Gasteiger partial charge on any atom is 0.341 e. The maximum absolute atomic E-state index is 12.2. The van der Waals surface area contributed by atoms with Crippen LogP contribution in [0.2, 0.25) is 0 Å². The summed E-state index contributed by atoms with van der Waals surface area (Å²) in [4.78, 5) is 36.9. The Kier molecular flexibility index (Phi) is 7.36. The third-order valence-corrected chi connectivity index (χ3v) is 4.92. The van der Waals surface area contributed by atoms with Crippen molar-refractivity contribution in [2.45, 2.75) is 27.2 Å². The minimum atomic E-state index is -0.677. The van der Waals surface area contributed by atoms with Gasteiger partial charge in [-0.25, -0.2) is 9.59 Å². The molecular formula is C19H21NO6S. The van der Waals surface area contributed by atoms with Gasteiger partial charge in [0.15, 0.2) is 6.61 Å². The van der Waals surface area contributed by atoms with Crippen LogP contribution >= 0.6 is 11.3 Å². The van der Waals surface area contributed by atoms with Crippen LogP contribution in [0.5, 0.6) is 0 Å². The fraction of sp³-hybridized carbons (Fsp3) is 0.316. The van der Waals surface area contributed by atoms with Gasteiger partial charge < -0.3 is 19.2 Å². The SMILES string of the molecule is CCOC(=O)c1c(NC(=O)COC(=O)/C=C/c2ccco2)sc(CC)c1C. The lowest BCUT2D eigenvalue weighted by molar-refractivity contribution is -0.142. The van der Waals surface area contributed by atoms with E-state index in [2.05, 4.69) is 5.32 Å². The smallest absolute Gasteiger partial charge is 0.341 e. The molecule has 1 amide bonds. The number of rotatable bonds is 8. The van der Waals surface area contributed by atoms with Crippen LogP contribution in [0.15, 0.2) is 28.9 Å². The van der Waals surface area contributed by atoms with Crippen LogP contribution in [0.1, 0.15) is 40.4 Å². The molecule has 2 aromatic rings. The Balaban J connectivity index is 1.98. The number of carbonyl (C=O) groups is 3. The topological polar surface area (TPSA) is 94.8 Å². The van der Waals surface area contributed by atoms with Gasteiger partial charge in [-0.3, -0.25) is 4.79 Å². The molecular weight excluding hydrogens is 370 g/mol. The minimum Gasteiger partial charge on any atom is -0.465 e. The standard InChI is InChI=1S/C19H21NO6S/c1-4-14-12(3)17(19(23)24-5-2)18(27-14)20-15(21)11-26-16(22)9-8-13-7-6-10-25-13/h6-10H,4-5,11H2,1-3H3,(H,20,21)/b9-8+. The predicted molar refractivity (Wildman–Crippen MR) is 102 cm³/mol. The van der Waals surface area contributed by atoms with Crippen LogP contribution < -0.4 is 5.32 Å². The van der Waals surface area contributed by atoms with E-state index >= 15 is 0 Å². The van der Waals surface area contributed by atoms with Gasteiger partial charge in [-0.05, 0) is 44.0 Å². The normalized spacial score (nSPS) is 10.8. The van der Waals surface area contributed by atoms with Crippen molar-refractivity contribution in [3.63, 3.8) is 0 Å². The second-order valence-electron chi connectivity index (χ2n) is 5.43. The molecule has 8 heteroatoms. The van der Waals surface area contributed by atoms with E-state index in [0.717, 1.165) is 16.9 Å². The zero-order chi connectivity index (χ0) is 19.8. The summed E-state index contributed by atoms with van der Waals surface area (Å²) >= 11 is 1.31. The first kappa shape index (κ1) is 20.4. The number of hydrogen-bond acceptors (Lipinski definition) is 7. The number of anilines is 1. The van der Waals surface area contributed by atoms with Crippen LogP contribution in [-0.2, 0) is 25.5 Å². The van der Waals surface area contributed by atoms with Gasteiger partial charge in [-0.1, -0.05) is 6.92 Å². The Morgan fingerprint density at radius 1 is 1.26 bits per heavy atom. The first-order chi connectivity index (χ1) is 13.0. The summed E-state index contributed by atoms with van der Waals surface area (Å²) in [5.74, 6) is -1.20. The van der Waals surface area contributed by atoms with Gasteiger partial charge >= 0.3 is 11.9 Å². The number of amides is 1. The number of carbonyl (C=O) groups excluding carboxylic acids is 3. The average Bonchev–Trinajstić information content (AvgIpc) is 3.26. The predicted octanol–water partition coefficient (Wildman–Crippen LogP) is 3.58. The van der Waals surface area contributed by atoms with Gasteiger partial charge in [-0.15, -0.1) is 11.3 Å². The number of ether oxygens (including phenoxy) is 2. The highest BCUT2D eigenvalue weighted by Crippen LogP contribution is 2.34. The summed E-state index contributed by atoms with van der Waals surface area (Å²) in [5, 5.41) is 3.03. The second-order valence-corrected chi connectivity index (χ2v) is 6.54. The molecule has 0 spiro atoms. The molecule has 2 rings (SSSR count). The molecule has 2 heterocycles. The molecule has 144 valence electrons. The molecule has 0 aliphatic rings. The zero-order valence-corrected chi connectivity index (χ0v) is 16.2. The number of nitrogens with one attached hydrogen (secondary N) is 1. The minimum absolute atomic E-state index is 0.239. The van der Waals surface area contributed by atoms with Gasteiger partial charge in [0.25, 0.3) is 5.91 Å². The molecule has 2 aromatic heterocycles. The van der Waals surface area contributed by atoms with Gasteiger partial charge in [0.1, 0.15) is 10.8 Å². The van der Waals surface area contributed by atoms with E-state index < -0.39 is 24.5 Å². The fourth-order valence-electron chi connectivity index (χ4n) is 2.32. The summed E-state index contributed by atoms with van der Waals surface area (Å²) in [6.07, 6.45) is 4.81.